The maximum absolute atomic E-state index is 12.0. The molecule has 1 aromatic carbocycles. The van der Waals surface area contributed by atoms with Crippen LogP contribution in [0.4, 0.5) is 0 Å². The zero-order chi connectivity index (χ0) is 15.2. The fraction of sp³-hybridized carbons (Fsp3) is 0.200. The van der Waals surface area contributed by atoms with E-state index in [0.29, 0.717) is 5.02 Å². The molecule has 0 aliphatic carbocycles. The summed E-state index contributed by atoms with van der Waals surface area (Å²) in [6.07, 6.45) is 1.43. The lowest BCUT2D eigenvalue weighted by atomic mass is 10.0. The number of carbonyl (C=O) groups is 2. The Balaban J connectivity index is 2.17. The summed E-state index contributed by atoms with van der Waals surface area (Å²) in [6, 6.07) is 9.53. The van der Waals surface area contributed by atoms with Gasteiger partial charge >= 0.3 is 5.97 Å². The first-order valence-corrected chi connectivity index (χ1v) is 6.64. The van der Waals surface area contributed by atoms with Gasteiger partial charge < -0.3 is 14.5 Å². The largest absolute Gasteiger partial charge is 0.469 e. The van der Waals surface area contributed by atoms with Gasteiger partial charge in [-0.1, -0.05) is 23.7 Å². The average molecular weight is 308 g/mol. The Kier molecular flexibility index (Phi) is 5.00. The Morgan fingerprint density at radius 1 is 1.29 bits per heavy atom. The van der Waals surface area contributed by atoms with Crippen molar-refractivity contribution in [3.8, 4) is 0 Å². The minimum atomic E-state index is -0.521. The first-order chi connectivity index (χ1) is 10.1. The summed E-state index contributed by atoms with van der Waals surface area (Å²) in [5.41, 5.74) is 0.754. The standard InChI is InChI=1S/C15H14ClNO4/c1-20-14(18)9-12(10-4-6-11(16)7-5-10)17-15(19)13-3-2-8-21-13/h2-8,12H,9H2,1H3,(H,17,19)/t12-/m1/s1. The van der Waals surface area contributed by atoms with E-state index in [-0.39, 0.29) is 12.2 Å². The highest BCUT2D eigenvalue weighted by atomic mass is 35.5. The molecule has 0 aliphatic heterocycles. The number of hydrogen-bond acceptors (Lipinski definition) is 4. The summed E-state index contributed by atoms with van der Waals surface area (Å²) in [5.74, 6) is -0.641. The Morgan fingerprint density at radius 3 is 2.57 bits per heavy atom. The molecule has 2 aromatic rings. The number of furan rings is 1. The number of nitrogens with one attached hydrogen (secondary N) is 1. The lowest BCUT2D eigenvalue weighted by molar-refractivity contribution is -0.141. The number of benzene rings is 1. The quantitative estimate of drug-likeness (QED) is 0.862. The summed E-state index contributed by atoms with van der Waals surface area (Å²) in [4.78, 5) is 23.6. The molecule has 0 radical (unpaired) electrons. The monoisotopic (exact) mass is 307 g/mol. The molecule has 1 N–H and O–H groups in total. The molecule has 21 heavy (non-hydrogen) atoms. The molecule has 1 amide bonds. The van der Waals surface area contributed by atoms with Crippen LogP contribution < -0.4 is 5.32 Å². The summed E-state index contributed by atoms with van der Waals surface area (Å²) < 4.78 is 9.69. The van der Waals surface area contributed by atoms with Crippen LogP contribution in [0.1, 0.15) is 28.6 Å². The van der Waals surface area contributed by atoms with Gasteiger partial charge in [0.25, 0.3) is 5.91 Å². The van der Waals surface area contributed by atoms with Crippen LogP contribution >= 0.6 is 11.6 Å². The third kappa shape index (κ3) is 4.10. The minimum absolute atomic E-state index is 0.0184. The first kappa shape index (κ1) is 15.1. The van der Waals surface area contributed by atoms with Gasteiger partial charge in [0.2, 0.25) is 0 Å². The SMILES string of the molecule is COC(=O)C[C@@H](NC(=O)c1ccco1)c1ccc(Cl)cc1. The van der Waals surface area contributed by atoms with Crippen molar-refractivity contribution in [1.29, 1.82) is 0 Å². The number of methoxy groups -OCH3 is 1. The van der Waals surface area contributed by atoms with Gasteiger partial charge in [-0.25, -0.2) is 0 Å². The van der Waals surface area contributed by atoms with Crippen molar-refractivity contribution in [2.45, 2.75) is 12.5 Å². The zero-order valence-corrected chi connectivity index (χ0v) is 12.1. The summed E-state index contributed by atoms with van der Waals surface area (Å²) in [5, 5.41) is 3.32. The molecule has 0 saturated heterocycles. The third-order valence-corrected chi connectivity index (χ3v) is 3.17. The molecule has 110 valence electrons. The Bertz CT molecular complexity index is 607. The fourth-order valence-corrected chi connectivity index (χ4v) is 1.96. The number of ether oxygens (including phenoxy) is 1. The molecule has 0 fully saturated rings. The maximum Gasteiger partial charge on any atom is 0.307 e. The Hall–Kier alpha value is -2.27. The predicted molar refractivity (Wildman–Crippen MR) is 77.0 cm³/mol. The van der Waals surface area contributed by atoms with Crippen LogP contribution in [0.3, 0.4) is 0 Å². The topological polar surface area (TPSA) is 68.5 Å². The van der Waals surface area contributed by atoms with E-state index in [1.165, 1.54) is 13.4 Å². The van der Waals surface area contributed by atoms with Gasteiger partial charge in [0.1, 0.15) is 0 Å². The van der Waals surface area contributed by atoms with Crippen LogP contribution in [0.2, 0.25) is 5.02 Å². The lowest BCUT2D eigenvalue weighted by Crippen LogP contribution is -2.30. The van der Waals surface area contributed by atoms with E-state index in [0.717, 1.165) is 5.56 Å². The molecule has 0 unspecified atom stereocenters. The molecule has 2 rings (SSSR count). The number of rotatable bonds is 5. The molecule has 1 heterocycles. The normalized spacial score (nSPS) is 11.7. The fourth-order valence-electron chi connectivity index (χ4n) is 1.83. The van der Waals surface area contributed by atoms with Crippen molar-refractivity contribution < 1.29 is 18.7 Å². The summed E-state index contributed by atoms with van der Waals surface area (Å²) in [6.45, 7) is 0. The maximum atomic E-state index is 12.0. The second kappa shape index (κ2) is 6.95. The Morgan fingerprint density at radius 2 is 2.00 bits per heavy atom. The van der Waals surface area contributed by atoms with Gasteiger partial charge in [0.15, 0.2) is 5.76 Å². The molecule has 6 heteroatoms. The Labute approximate surface area is 126 Å². The van der Waals surface area contributed by atoms with Crippen LogP contribution in [0.25, 0.3) is 0 Å². The molecule has 0 saturated carbocycles. The minimum Gasteiger partial charge on any atom is -0.469 e. The van der Waals surface area contributed by atoms with Crippen molar-refractivity contribution in [1.82, 2.24) is 5.32 Å². The lowest BCUT2D eigenvalue weighted by Gasteiger charge is -2.17. The van der Waals surface area contributed by atoms with Gasteiger partial charge in [0.05, 0.1) is 25.8 Å². The molecule has 1 atom stereocenters. The van der Waals surface area contributed by atoms with E-state index < -0.39 is 17.9 Å². The molecule has 0 spiro atoms. The molecule has 0 aliphatic rings. The van der Waals surface area contributed by atoms with Crippen molar-refractivity contribution in [3.63, 3.8) is 0 Å². The van der Waals surface area contributed by atoms with Crippen molar-refractivity contribution in [2.24, 2.45) is 0 Å². The van der Waals surface area contributed by atoms with E-state index in [4.69, 9.17) is 16.0 Å². The van der Waals surface area contributed by atoms with E-state index in [2.05, 4.69) is 10.1 Å². The predicted octanol–water partition coefficient (Wildman–Crippen LogP) is 2.97. The van der Waals surface area contributed by atoms with Gasteiger partial charge in [-0.15, -0.1) is 0 Å². The van der Waals surface area contributed by atoms with Crippen LogP contribution in [0, 0.1) is 0 Å². The molecule has 0 bridgehead atoms. The van der Waals surface area contributed by atoms with Gasteiger partial charge in [-0.05, 0) is 29.8 Å². The molecular formula is C15H14ClNO4. The zero-order valence-electron chi connectivity index (χ0n) is 11.3. The van der Waals surface area contributed by atoms with E-state index in [1.807, 2.05) is 0 Å². The summed E-state index contributed by atoms with van der Waals surface area (Å²) >= 11 is 5.84. The highest BCUT2D eigenvalue weighted by Gasteiger charge is 2.20. The van der Waals surface area contributed by atoms with Crippen LogP contribution in [-0.2, 0) is 9.53 Å². The van der Waals surface area contributed by atoms with Crippen molar-refractivity contribution in [2.75, 3.05) is 7.11 Å². The number of carbonyl (C=O) groups excluding carboxylic acids is 2. The van der Waals surface area contributed by atoms with Crippen LogP contribution in [-0.4, -0.2) is 19.0 Å². The van der Waals surface area contributed by atoms with Crippen LogP contribution in [0.5, 0.6) is 0 Å². The second-order valence-corrected chi connectivity index (χ2v) is 4.77. The number of hydrogen-bond donors (Lipinski definition) is 1. The summed E-state index contributed by atoms with van der Waals surface area (Å²) in [7, 11) is 1.30. The highest BCUT2D eigenvalue weighted by Crippen LogP contribution is 2.20. The van der Waals surface area contributed by atoms with E-state index in [1.54, 1.807) is 36.4 Å². The molecular weight excluding hydrogens is 294 g/mol. The highest BCUT2D eigenvalue weighted by molar-refractivity contribution is 6.30. The van der Waals surface area contributed by atoms with Gasteiger partial charge in [0, 0.05) is 5.02 Å². The number of esters is 1. The molecule has 5 nitrogen and oxygen atoms in total. The third-order valence-electron chi connectivity index (χ3n) is 2.92. The average Bonchev–Trinajstić information content (AvgIpc) is 3.01. The molecule has 1 aromatic heterocycles. The van der Waals surface area contributed by atoms with Crippen molar-refractivity contribution in [3.05, 3.63) is 59.0 Å². The van der Waals surface area contributed by atoms with Crippen LogP contribution in [0.15, 0.2) is 47.1 Å². The van der Waals surface area contributed by atoms with Gasteiger partial charge in [-0.2, -0.15) is 0 Å². The number of halogens is 1. The van der Waals surface area contributed by atoms with E-state index >= 15 is 0 Å². The van der Waals surface area contributed by atoms with E-state index in [9.17, 15) is 9.59 Å². The smallest absolute Gasteiger partial charge is 0.307 e. The second-order valence-electron chi connectivity index (χ2n) is 4.34. The first-order valence-electron chi connectivity index (χ1n) is 6.27. The van der Waals surface area contributed by atoms with Crippen molar-refractivity contribution >= 4 is 23.5 Å². The number of amides is 1. The van der Waals surface area contributed by atoms with Gasteiger partial charge in [-0.3, -0.25) is 9.59 Å².